The van der Waals surface area contributed by atoms with Gasteiger partial charge in [-0.2, -0.15) is 0 Å². The van der Waals surface area contributed by atoms with Crippen LogP contribution in [0.15, 0.2) is 108 Å². The van der Waals surface area contributed by atoms with E-state index in [1.165, 1.54) is 0 Å². The molecular formula is C32H37NO3. The molecular weight excluding hydrogens is 446 g/mol. The van der Waals surface area contributed by atoms with E-state index in [-0.39, 0.29) is 5.97 Å². The van der Waals surface area contributed by atoms with Crippen molar-refractivity contribution in [3.05, 3.63) is 114 Å². The van der Waals surface area contributed by atoms with Crippen LogP contribution in [-0.2, 0) is 9.53 Å². The van der Waals surface area contributed by atoms with E-state index in [2.05, 4.69) is 0 Å². The van der Waals surface area contributed by atoms with Gasteiger partial charge in [0, 0.05) is 17.5 Å². The molecule has 36 heavy (non-hydrogen) atoms. The number of para-hydroxylation sites is 1. The number of rotatable bonds is 11. The molecule has 1 unspecified atom stereocenters. The Morgan fingerprint density at radius 1 is 0.833 bits per heavy atom. The second kappa shape index (κ2) is 12.9. The second-order valence-corrected chi connectivity index (χ2v) is 9.76. The van der Waals surface area contributed by atoms with Crippen LogP contribution in [0, 0.1) is 0 Å². The fourth-order valence-electron chi connectivity index (χ4n) is 3.89. The average Bonchev–Trinajstić information content (AvgIpc) is 2.88. The number of hydrogen-bond acceptors (Lipinski definition) is 4. The minimum Gasteiger partial charge on any atom is -0.494 e. The number of carbonyl (C=O) groups excluding carboxylic acids is 1. The van der Waals surface area contributed by atoms with Crippen LogP contribution in [0.4, 0.5) is 0 Å². The summed E-state index contributed by atoms with van der Waals surface area (Å²) in [5.74, 6) is 0.490. The van der Waals surface area contributed by atoms with Crippen molar-refractivity contribution in [2.45, 2.75) is 58.1 Å². The average molecular weight is 484 g/mol. The topological polar surface area (TPSA) is 47.9 Å². The van der Waals surface area contributed by atoms with Gasteiger partial charge in [-0.05, 0) is 52.7 Å². The zero-order valence-corrected chi connectivity index (χ0v) is 21.8. The van der Waals surface area contributed by atoms with Crippen molar-refractivity contribution in [2.75, 3.05) is 6.61 Å². The molecule has 0 heterocycles. The molecule has 0 aliphatic heterocycles. The number of esters is 1. The van der Waals surface area contributed by atoms with Gasteiger partial charge < -0.3 is 9.47 Å². The lowest BCUT2D eigenvalue weighted by Crippen LogP contribution is -2.43. The Morgan fingerprint density at radius 3 is 1.86 bits per heavy atom. The summed E-state index contributed by atoms with van der Waals surface area (Å²) in [5.41, 5.74) is 0.959. The van der Waals surface area contributed by atoms with E-state index in [9.17, 15) is 4.79 Å². The van der Waals surface area contributed by atoms with Gasteiger partial charge in [-0.1, -0.05) is 91.0 Å². The lowest BCUT2D eigenvalue weighted by atomic mass is 9.88. The van der Waals surface area contributed by atoms with E-state index < -0.39 is 11.1 Å². The Morgan fingerprint density at radius 2 is 1.36 bits per heavy atom. The molecule has 0 aliphatic carbocycles. The summed E-state index contributed by atoms with van der Waals surface area (Å²) in [4.78, 5) is 19.1. The van der Waals surface area contributed by atoms with E-state index in [1.807, 2.05) is 131 Å². The maximum atomic E-state index is 13.8. The van der Waals surface area contributed by atoms with Crippen LogP contribution in [0.1, 0.15) is 58.1 Å². The molecule has 0 aliphatic rings. The highest BCUT2D eigenvalue weighted by atomic mass is 16.6. The number of hydrogen-bond donors (Lipinski definition) is 0. The summed E-state index contributed by atoms with van der Waals surface area (Å²) in [5, 5.41) is 0. The maximum Gasteiger partial charge on any atom is 0.334 e. The van der Waals surface area contributed by atoms with Crippen molar-refractivity contribution in [1.82, 2.24) is 0 Å². The van der Waals surface area contributed by atoms with E-state index in [4.69, 9.17) is 14.5 Å². The lowest BCUT2D eigenvalue weighted by molar-refractivity contribution is -0.161. The third-order valence-electron chi connectivity index (χ3n) is 5.64. The number of nitrogens with zero attached hydrogens (tertiary/aromatic N) is 1. The monoisotopic (exact) mass is 483 g/mol. The van der Waals surface area contributed by atoms with Gasteiger partial charge in [0.2, 0.25) is 0 Å². The fourth-order valence-corrected chi connectivity index (χ4v) is 3.89. The maximum absolute atomic E-state index is 13.8. The fraction of sp³-hybridized carbons (Fsp3) is 0.312. The first kappa shape index (κ1) is 26.9. The minimum atomic E-state index is -1.10. The molecule has 3 aromatic rings. The number of allylic oxidation sites excluding steroid dienone is 1. The summed E-state index contributed by atoms with van der Waals surface area (Å²) in [7, 11) is 0. The summed E-state index contributed by atoms with van der Waals surface area (Å²) >= 11 is 0. The molecule has 1 atom stereocenters. The normalized spacial score (nSPS) is 13.1. The van der Waals surface area contributed by atoms with Gasteiger partial charge in [0.25, 0.3) is 0 Å². The highest BCUT2D eigenvalue weighted by Crippen LogP contribution is 2.30. The Kier molecular flexibility index (Phi) is 9.63. The van der Waals surface area contributed by atoms with E-state index in [0.717, 1.165) is 22.6 Å². The molecule has 0 spiro atoms. The largest absolute Gasteiger partial charge is 0.494 e. The van der Waals surface area contributed by atoms with Crippen LogP contribution in [0.3, 0.4) is 0 Å². The van der Waals surface area contributed by atoms with Crippen molar-refractivity contribution < 1.29 is 14.3 Å². The molecule has 4 nitrogen and oxygen atoms in total. The second-order valence-electron chi connectivity index (χ2n) is 9.76. The third kappa shape index (κ3) is 7.94. The standard InChI is InChI=1S/C32H37NO3/c1-5-6-23-32(30(34)36-31(2,3)4,24-16-25-35-28-21-14-9-15-22-28)33-29(26-17-10-7-11-18-26)27-19-12-8-13-20-27/h5-15,17-22H,16,23-25H2,1-4H3. The van der Waals surface area contributed by atoms with E-state index >= 15 is 0 Å². The molecule has 0 bridgehead atoms. The SMILES string of the molecule is CC=CCC(CCCOc1ccccc1)(N=C(c1ccccc1)c1ccccc1)C(=O)OC(C)(C)C. The number of aliphatic imine (C=N–C) groups is 1. The van der Waals surface area contributed by atoms with Crippen LogP contribution < -0.4 is 4.74 Å². The highest BCUT2D eigenvalue weighted by molar-refractivity contribution is 6.13. The van der Waals surface area contributed by atoms with Crippen LogP contribution in [0.25, 0.3) is 0 Å². The molecule has 0 N–H and O–H groups in total. The zero-order chi connectivity index (χ0) is 25.9. The quantitative estimate of drug-likeness (QED) is 0.123. The zero-order valence-electron chi connectivity index (χ0n) is 21.8. The van der Waals surface area contributed by atoms with Gasteiger partial charge in [-0.15, -0.1) is 0 Å². The summed E-state index contributed by atoms with van der Waals surface area (Å²) < 4.78 is 11.9. The van der Waals surface area contributed by atoms with Gasteiger partial charge in [-0.3, -0.25) is 4.99 Å². The predicted octanol–water partition coefficient (Wildman–Crippen LogP) is 7.43. The third-order valence-corrected chi connectivity index (χ3v) is 5.64. The summed E-state index contributed by atoms with van der Waals surface area (Å²) in [6.45, 7) is 8.11. The first-order valence-electron chi connectivity index (χ1n) is 12.6. The molecule has 0 radical (unpaired) electrons. The summed E-state index contributed by atoms with van der Waals surface area (Å²) in [6.07, 6.45) is 5.53. The van der Waals surface area contributed by atoms with Gasteiger partial charge in [0.05, 0.1) is 12.3 Å². The number of benzene rings is 3. The molecule has 3 aromatic carbocycles. The van der Waals surface area contributed by atoms with Gasteiger partial charge in [0.1, 0.15) is 11.4 Å². The molecule has 0 fully saturated rings. The van der Waals surface area contributed by atoms with Gasteiger partial charge in [0.15, 0.2) is 5.54 Å². The smallest absolute Gasteiger partial charge is 0.334 e. The molecule has 188 valence electrons. The minimum absolute atomic E-state index is 0.322. The van der Waals surface area contributed by atoms with Gasteiger partial charge in [-0.25, -0.2) is 4.79 Å². The van der Waals surface area contributed by atoms with Crippen LogP contribution in [-0.4, -0.2) is 29.4 Å². The molecule has 3 rings (SSSR count). The molecule has 0 amide bonds. The number of carbonyl (C=O) groups is 1. The Labute approximate surface area is 215 Å². The van der Waals surface area contributed by atoms with Crippen LogP contribution in [0.5, 0.6) is 5.75 Å². The molecule has 0 saturated heterocycles. The summed E-state index contributed by atoms with van der Waals surface area (Å²) in [6, 6.07) is 29.7. The Balaban J connectivity index is 2.04. The highest BCUT2D eigenvalue weighted by Gasteiger charge is 2.41. The van der Waals surface area contributed by atoms with Crippen molar-refractivity contribution in [3.63, 3.8) is 0 Å². The van der Waals surface area contributed by atoms with Crippen molar-refractivity contribution in [2.24, 2.45) is 4.99 Å². The first-order valence-corrected chi connectivity index (χ1v) is 12.6. The van der Waals surface area contributed by atoms with E-state index in [0.29, 0.717) is 25.9 Å². The predicted molar refractivity (Wildman–Crippen MR) is 148 cm³/mol. The first-order chi connectivity index (χ1) is 17.3. The lowest BCUT2D eigenvalue weighted by Gasteiger charge is -2.32. The van der Waals surface area contributed by atoms with Crippen LogP contribution in [0.2, 0.25) is 0 Å². The van der Waals surface area contributed by atoms with Crippen molar-refractivity contribution >= 4 is 11.7 Å². The van der Waals surface area contributed by atoms with Crippen LogP contribution >= 0.6 is 0 Å². The molecule has 0 aromatic heterocycles. The Bertz CT molecular complexity index is 1090. The van der Waals surface area contributed by atoms with Crippen molar-refractivity contribution in [1.29, 1.82) is 0 Å². The van der Waals surface area contributed by atoms with Gasteiger partial charge >= 0.3 is 5.97 Å². The molecule has 4 heteroatoms. The van der Waals surface area contributed by atoms with Crippen molar-refractivity contribution in [3.8, 4) is 5.75 Å². The molecule has 0 saturated carbocycles. The Hall–Kier alpha value is -3.66. The number of ether oxygens (including phenoxy) is 2. The van der Waals surface area contributed by atoms with E-state index in [1.54, 1.807) is 0 Å².